The van der Waals surface area contributed by atoms with Crippen LogP contribution in [0.15, 0.2) is 29.2 Å². The van der Waals surface area contributed by atoms with Crippen molar-refractivity contribution >= 4 is 16.0 Å². The van der Waals surface area contributed by atoms with E-state index in [1.54, 1.807) is 45.0 Å². The van der Waals surface area contributed by atoms with Crippen molar-refractivity contribution in [2.45, 2.75) is 64.5 Å². The van der Waals surface area contributed by atoms with Gasteiger partial charge in [-0.3, -0.25) is 4.79 Å². The van der Waals surface area contributed by atoms with Crippen molar-refractivity contribution in [1.29, 1.82) is 0 Å². The number of sulfonamides is 1. The highest BCUT2D eigenvalue weighted by atomic mass is 32.2. The number of nitrogens with zero attached hydrogens (tertiary/aromatic N) is 1. The molecule has 0 spiro atoms. The van der Waals surface area contributed by atoms with Gasteiger partial charge in [0.05, 0.1) is 24.0 Å². The van der Waals surface area contributed by atoms with E-state index in [0.29, 0.717) is 12.3 Å². The molecule has 0 aromatic heterocycles. The zero-order valence-electron chi connectivity index (χ0n) is 17.8. The van der Waals surface area contributed by atoms with E-state index in [2.05, 4.69) is 0 Å². The molecule has 7 heteroatoms. The number of carbonyl (C=O) groups is 1. The fourth-order valence-electron chi connectivity index (χ4n) is 3.25. The third-order valence-electron chi connectivity index (χ3n) is 4.55. The van der Waals surface area contributed by atoms with E-state index in [4.69, 9.17) is 9.47 Å². The molecule has 2 rings (SSSR count). The summed E-state index contributed by atoms with van der Waals surface area (Å²) in [4.78, 5) is 12.9. The number of benzene rings is 1. The molecule has 0 radical (unpaired) electrons. The van der Waals surface area contributed by atoms with Crippen molar-refractivity contribution in [3.8, 4) is 0 Å². The number of hydrogen-bond acceptors (Lipinski definition) is 5. The Bertz CT molecular complexity index is 765. The van der Waals surface area contributed by atoms with Crippen LogP contribution in [0, 0.1) is 18.8 Å². The monoisotopic (exact) mass is 411 g/mol. The molecular formula is C21H33NO5S. The lowest BCUT2D eigenvalue weighted by atomic mass is 10.0. The predicted molar refractivity (Wildman–Crippen MR) is 108 cm³/mol. The molecule has 1 aromatic carbocycles. The van der Waals surface area contributed by atoms with Crippen molar-refractivity contribution in [3.63, 3.8) is 0 Å². The largest absolute Gasteiger partial charge is 0.460 e. The van der Waals surface area contributed by atoms with Gasteiger partial charge < -0.3 is 9.47 Å². The maximum atomic E-state index is 13.4. The molecule has 0 amide bonds. The molecular weight excluding hydrogens is 378 g/mol. The van der Waals surface area contributed by atoms with Gasteiger partial charge in [0.15, 0.2) is 0 Å². The first-order chi connectivity index (χ1) is 12.9. The number of rotatable bonds is 5. The fraction of sp³-hybridized carbons (Fsp3) is 0.667. The van der Waals surface area contributed by atoms with Crippen molar-refractivity contribution in [1.82, 2.24) is 4.31 Å². The number of aryl methyl sites for hydroxylation is 1. The van der Waals surface area contributed by atoms with Crippen molar-refractivity contribution in [2.75, 3.05) is 19.8 Å². The van der Waals surface area contributed by atoms with Crippen LogP contribution in [0.3, 0.4) is 0 Å². The molecule has 158 valence electrons. The van der Waals surface area contributed by atoms with Gasteiger partial charge in [-0.2, -0.15) is 4.31 Å². The average molecular weight is 412 g/mol. The first-order valence-corrected chi connectivity index (χ1v) is 11.2. The zero-order valence-corrected chi connectivity index (χ0v) is 18.6. The van der Waals surface area contributed by atoms with Crippen LogP contribution in [0.25, 0.3) is 0 Å². The minimum absolute atomic E-state index is 0.0580. The highest BCUT2D eigenvalue weighted by molar-refractivity contribution is 7.89. The number of hydrogen-bond donors (Lipinski definition) is 0. The first kappa shape index (κ1) is 22.8. The number of carbonyl (C=O) groups excluding carboxylic acids is 1. The predicted octanol–water partition coefficient (Wildman–Crippen LogP) is 3.39. The Kier molecular flexibility index (Phi) is 7.28. The Hall–Kier alpha value is -1.44. The van der Waals surface area contributed by atoms with Crippen LogP contribution in [0.5, 0.6) is 0 Å². The van der Waals surface area contributed by atoms with Crippen LogP contribution in [-0.2, 0) is 24.3 Å². The van der Waals surface area contributed by atoms with Crippen LogP contribution < -0.4 is 0 Å². The summed E-state index contributed by atoms with van der Waals surface area (Å²) in [6, 6.07) is 6.48. The fourth-order valence-corrected chi connectivity index (χ4v) is 4.91. The summed E-state index contributed by atoms with van der Waals surface area (Å²) in [5.74, 6) is -0.791. The van der Waals surface area contributed by atoms with Gasteiger partial charge in [0.1, 0.15) is 5.60 Å². The van der Waals surface area contributed by atoms with Crippen LogP contribution in [0.1, 0.15) is 46.6 Å². The van der Waals surface area contributed by atoms with Gasteiger partial charge in [0.2, 0.25) is 10.0 Å². The number of ether oxygens (including phenoxy) is 2. The second kappa shape index (κ2) is 8.93. The molecule has 2 atom stereocenters. The Morgan fingerprint density at radius 1 is 1.21 bits per heavy atom. The third-order valence-corrected chi connectivity index (χ3v) is 6.48. The molecule has 1 heterocycles. The van der Waals surface area contributed by atoms with E-state index in [0.717, 1.165) is 5.56 Å². The van der Waals surface area contributed by atoms with E-state index in [-0.39, 0.29) is 30.7 Å². The normalized spacial score (nSPS) is 22.1. The van der Waals surface area contributed by atoms with Crippen molar-refractivity contribution < 1.29 is 22.7 Å². The Morgan fingerprint density at radius 3 is 2.36 bits per heavy atom. The van der Waals surface area contributed by atoms with Crippen molar-refractivity contribution in [3.05, 3.63) is 29.8 Å². The summed E-state index contributed by atoms with van der Waals surface area (Å²) in [6.45, 7) is 11.9. The summed E-state index contributed by atoms with van der Waals surface area (Å²) < 4.78 is 39.5. The number of esters is 1. The van der Waals surface area contributed by atoms with E-state index in [1.807, 2.05) is 20.8 Å². The lowest BCUT2D eigenvalue weighted by molar-refractivity contribution is -0.161. The second-order valence-electron chi connectivity index (χ2n) is 8.94. The third kappa shape index (κ3) is 6.03. The van der Waals surface area contributed by atoms with Gasteiger partial charge in [-0.15, -0.1) is 0 Å². The van der Waals surface area contributed by atoms with Gasteiger partial charge in [0.25, 0.3) is 0 Å². The minimum Gasteiger partial charge on any atom is -0.460 e. The van der Waals surface area contributed by atoms with Gasteiger partial charge in [0, 0.05) is 12.6 Å². The standard InChI is InChI=1S/C21H33NO5S/c1-15(2)11-18-14-26-13-17(20(23)27-21(4,5)6)12-22(18)28(24,25)19-9-7-16(3)8-10-19/h7-10,15,17-18H,11-14H2,1-6H3/t17?,18-/m0/s1. The second-order valence-corrected chi connectivity index (χ2v) is 10.8. The van der Waals surface area contributed by atoms with E-state index in [1.165, 1.54) is 4.31 Å². The maximum absolute atomic E-state index is 13.4. The molecule has 0 saturated carbocycles. The molecule has 1 fully saturated rings. The van der Waals surface area contributed by atoms with Gasteiger partial charge >= 0.3 is 5.97 Å². The van der Waals surface area contributed by atoms with Crippen LogP contribution in [0.4, 0.5) is 0 Å². The summed E-state index contributed by atoms with van der Waals surface area (Å²) >= 11 is 0. The summed E-state index contributed by atoms with van der Waals surface area (Å²) in [6.07, 6.45) is 0.659. The molecule has 1 unspecified atom stereocenters. The summed E-state index contributed by atoms with van der Waals surface area (Å²) in [7, 11) is -3.76. The highest BCUT2D eigenvalue weighted by Gasteiger charge is 2.39. The lowest BCUT2D eigenvalue weighted by Crippen LogP contribution is -2.45. The summed E-state index contributed by atoms with van der Waals surface area (Å²) in [5.41, 5.74) is 0.352. The topological polar surface area (TPSA) is 72.9 Å². The lowest BCUT2D eigenvalue weighted by Gasteiger charge is -2.31. The summed E-state index contributed by atoms with van der Waals surface area (Å²) in [5, 5.41) is 0. The van der Waals surface area contributed by atoms with Crippen LogP contribution >= 0.6 is 0 Å². The SMILES string of the molecule is Cc1ccc(S(=O)(=O)N2CC(C(=O)OC(C)(C)C)COC[C@@H]2CC(C)C)cc1. The molecule has 1 aliphatic heterocycles. The molecule has 1 saturated heterocycles. The molecule has 1 aromatic rings. The smallest absolute Gasteiger partial charge is 0.313 e. The molecule has 0 bridgehead atoms. The Labute approximate surface area is 169 Å². The zero-order chi connectivity index (χ0) is 21.1. The Balaban J connectivity index is 2.37. The van der Waals surface area contributed by atoms with Gasteiger partial charge in [-0.1, -0.05) is 31.5 Å². The average Bonchev–Trinajstić information content (AvgIpc) is 2.76. The van der Waals surface area contributed by atoms with E-state index in [9.17, 15) is 13.2 Å². The molecule has 1 aliphatic rings. The van der Waals surface area contributed by atoms with Crippen LogP contribution in [0.2, 0.25) is 0 Å². The van der Waals surface area contributed by atoms with Crippen LogP contribution in [-0.4, -0.2) is 50.1 Å². The van der Waals surface area contributed by atoms with E-state index < -0.39 is 27.5 Å². The van der Waals surface area contributed by atoms with E-state index >= 15 is 0 Å². The molecule has 28 heavy (non-hydrogen) atoms. The maximum Gasteiger partial charge on any atom is 0.313 e. The molecule has 6 nitrogen and oxygen atoms in total. The van der Waals surface area contributed by atoms with Gasteiger partial charge in [-0.25, -0.2) is 8.42 Å². The Morgan fingerprint density at radius 2 is 1.82 bits per heavy atom. The minimum atomic E-state index is -3.76. The van der Waals surface area contributed by atoms with Crippen molar-refractivity contribution in [2.24, 2.45) is 11.8 Å². The highest BCUT2D eigenvalue weighted by Crippen LogP contribution is 2.27. The quantitative estimate of drug-likeness (QED) is 0.695. The first-order valence-electron chi connectivity index (χ1n) is 9.79. The molecule has 0 aliphatic carbocycles. The van der Waals surface area contributed by atoms with Gasteiger partial charge in [-0.05, 0) is 52.2 Å². The molecule has 0 N–H and O–H groups in total.